The van der Waals surface area contributed by atoms with Gasteiger partial charge in [-0.3, -0.25) is 4.79 Å². The predicted molar refractivity (Wildman–Crippen MR) is 63.1 cm³/mol. The first-order valence-electron chi connectivity index (χ1n) is 5.05. The number of hydrogen-bond acceptors (Lipinski definition) is 4. The van der Waals surface area contributed by atoms with Crippen LogP contribution in [-0.4, -0.2) is 19.7 Å². The van der Waals surface area contributed by atoms with Gasteiger partial charge in [0.15, 0.2) is 0 Å². The van der Waals surface area contributed by atoms with E-state index in [0.29, 0.717) is 22.9 Å². The minimum Gasteiger partial charge on any atom is -0.495 e. The van der Waals surface area contributed by atoms with Gasteiger partial charge in [0, 0.05) is 10.6 Å². The third kappa shape index (κ3) is 3.11. The summed E-state index contributed by atoms with van der Waals surface area (Å²) in [7, 11) is 1.46. The summed E-state index contributed by atoms with van der Waals surface area (Å²) in [5.74, 6) is -0.0182. The van der Waals surface area contributed by atoms with Crippen molar-refractivity contribution < 1.29 is 14.3 Å². The van der Waals surface area contributed by atoms with Gasteiger partial charge >= 0.3 is 5.97 Å². The zero-order valence-corrected chi connectivity index (χ0v) is 10.4. The van der Waals surface area contributed by atoms with Crippen molar-refractivity contribution in [1.29, 1.82) is 5.26 Å². The number of ether oxygens (including phenoxy) is 2. The molecule has 0 unspecified atom stereocenters. The predicted octanol–water partition coefficient (Wildman–Crippen LogP) is 2.33. The Labute approximate surface area is 105 Å². The second kappa shape index (κ2) is 6.12. The zero-order chi connectivity index (χ0) is 12.8. The second-order valence-electron chi connectivity index (χ2n) is 3.20. The number of methoxy groups -OCH3 is 1. The molecule has 0 fully saturated rings. The van der Waals surface area contributed by atoms with Crippen LogP contribution in [0.1, 0.15) is 18.1 Å². The Kier molecular flexibility index (Phi) is 4.80. The maximum absolute atomic E-state index is 11.4. The molecule has 0 bridgehead atoms. The van der Waals surface area contributed by atoms with Gasteiger partial charge in [-0.25, -0.2) is 0 Å². The summed E-state index contributed by atoms with van der Waals surface area (Å²) in [6.45, 7) is 2.01. The van der Waals surface area contributed by atoms with Crippen molar-refractivity contribution in [3.05, 3.63) is 28.3 Å². The highest BCUT2D eigenvalue weighted by Crippen LogP contribution is 2.28. The van der Waals surface area contributed by atoms with Crippen LogP contribution in [0, 0.1) is 11.3 Å². The Bertz CT molecular complexity index is 466. The van der Waals surface area contributed by atoms with E-state index in [1.807, 2.05) is 6.07 Å². The number of esters is 1. The van der Waals surface area contributed by atoms with E-state index in [4.69, 9.17) is 26.3 Å². The number of halogens is 1. The van der Waals surface area contributed by atoms with Crippen molar-refractivity contribution in [2.24, 2.45) is 0 Å². The molecule has 0 heterocycles. The fourth-order valence-corrected chi connectivity index (χ4v) is 1.65. The first kappa shape index (κ1) is 13.3. The molecule has 0 spiro atoms. The Morgan fingerprint density at radius 3 is 2.76 bits per heavy atom. The van der Waals surface area contributed by atoms with E-state index >= 15 is 0 Å². The van der Waals surface area contributed by atoms with E-state index in [1.165, 1.54) is 7.11 Å². The van der Waals surface area contributed by atoms with Crippen LogP contribution in [0.4, 0.5) is 0 Å². The molecule has 5 heteroatoms. The quantitative estimate of drug-likeness (QED) is 0.773. The van der Waals surface area contributed by atoms with Gasteiger partial charge in [-0.05, 0) is 19.1 Å². The molecule has 0 aliphatic carbocycles. The molecule has 0 N–H and O–H groups in total. The standard InChI is InChI=1S/C12H12ClNO3/c1-3-17-12(15)6-8-9(7-14)11(16-2)5-4-10(8)13/h4-5H,3,6H2,1-2H3. The van der Waals surface area contributed by atoms with E-state index < -0.39 is 5.97 Å². The SMILES string of the molecule is CCOC(=O)Cc1c(Cl)ccc(OC)c1C#N. The third-order valence-electron chi connectivity index (χ3n) is 2.18. The van der Waals surface area contributed by atoms with Crippen LogP contribution in [0.5, 0.6) is 5.75 Å². The lowest BCUT2D eigenvalue weighted by Gasteiger charge is -2.10. The van der Waals surface area contributed by atoms with Crippen LogP contribution < -0.4 is 4.74 Å². The fraction of sp³-hybridized carbons (Fsp3) is 0.333. The number of nitrogens with zero attached hydrogens (tertiary/aromatic N) is 1. The van der Waals surface area contributed by atoms with Gasteiger partial charge in [0.1, 0.15) is 11.8 Å². The number of benzene rings is 1. The summed E-state index contributed by atoms with van der Waals surface area (Å²) in [4.78, 5) is 11.4. The van der Waals surface area contributed by atoms with Crippen LogP contribution in [0.25, 0.3) is 0 Å². The smallest absolute Gasteiger partial charge is 0.310 e. The molecule has 17 heavy (non-hydrogen) atoms. The highest BCUT2D eigenvalue weighted by Gasteiger charge is 2.16. The lowest BCUT2D eigenvalue weighted by Crippen LogP contribution is -2.09. The lowest BCUT2D eigenvalue weighted by atomic mass is 10.0. The number of carbonyl (C=O) groups is 1. The highest BCUT2D eigenvalue weighted by atomic mass is 35.5. The molecule has 4 nitrogen and oxygen atoms in total. The Balaban J connectivity index is 3.13. The Morgan fingerprint density at radius 2 is 2.24 bits per heavy atom. The molecule has 0 aliphatic rings. The molecular formula is C12H12ClNO3. The van der Waals surface area contributed by atoms with Gasteiger partial charge in [-0.2, -0.15) is 5.26 Å². The van der Waals surface area contributed by atoms with E-state index in [9.17, 15) is 4.79 Å². The van der Waals surface area contributed by atoms with Crippen LogP contribution in [0.2, 0.25) is 5.02 Å². The third-order valence-corrected chi connectivity index (χ3v) is 2.53. The van der Waals surface area contributed by atoms with Gasteiger partial charge < -0.3 is 9.47 Å². The molecule has 0 atom stereocenters. The highest BCUT2D eigenvalue weighted by molar-refractivity contribution is 6.31. The van der Waals surface area contributed by atoms with Crippen molar-refractivity contribution in [2.45, 2.75) is 13.3 Å². The van der Waals surface area contributed by atoms with Gasteiger partial charge in [0.2, 0.25) is 0 Å². The van der Waals surface area contributed by atoms with Crippen molar-refractivity contribution in [3.63, 3.8) is 0 Å². The molecular weight excluding hydrogens is 242 g/mol. The largest absolute Gasteiger partial charge is 0.495 e. The minimum absolute atomic E-state index is 0.0350. The van der Waals surface area contributed by atoms with Crippen LogP contribution >= 0.6 is 11.6 Å². The molecule has 0 radical (unpaired) electrons. The molecule has 1 aromatic rings. The summed E-state index contributed by atoms with van der Waals surface area (Å²) in [5, 5.41) is 9.41. The number of rotatable bonds is 4. The van der Waals surface area contributed by atoms with Crippen molar-refractivity contribution in [1.82, 2.24) is 0 Å². The van der Waals surface area contributed by atoms with Gasteiger partial charge in [-0.15, -0.1) is 0 Å². The zero-order valence-electron chi connectivity index (χ0n) is 9.62. The molecule has 90 valence electrons. The summed E-state index contributed by atoms with van der Waals surface area (Å²) in [6, 6.07) is 5.17. The first-order chi connectivity index (χ1) is 8.13. The van der Waals surface area contributed by atoms with E-state index in [-0.39, 0.29) is 12.0 Å². The first-order valence-corrected chi connectivity index (χ1v) is 5.42. The second-order valence-corrected chi connectivity index (χ2v) is 3.60. The number of carbonyl (C=O) groups excluding carboxylic acids is 1. The molecule has 0 saturated heterocycles. The summed E-state index contributed by atoms with van der Waals surface area (Å²) in [6.07, 6.45) is -0.0350. The average Bonchev–Trinajstić information content (AvgIpc) is 2.31. The molecule has 0 aromatic heterocycles. The van der Waals surface area contributed by atoms with Gasteiger partial charge in [0.25, 0.3) is 0 Å². The monoisotopic (exact) mass is 253 g/mol. The normalized spacial score (nSPS) is 9.53. The lowest BCUT2D eigenvalue weighted by molar-refractivity contribution is -0.142. The van der Waals surface area contributed by atoms with Gasteiger partial charge in [-0.1, -0.05) is 11.6 Å². The summed E-state index contributed by atoms with van der Waals surface area (Å²) in [5.41, 5.74) is 0.708. The van der Waals surface area contributed by atoms with Crippen molar-refractivity contribution >= 4 is 17.6 Å². The molecule has 1 rings (SSSR count). The number of nitriles is 1. The van der Waals surface area contributed by atoms with Gasteiger partial charge in [0.05, 0.1) is 25.7 Å². The average molecular weight is 254 g/mol. The molecule has 0 saturated carbocycles. The van der Waals surface area contributed by atoms with Crippen LogP contribution in [0.3, 0.4) is 0 Å². The van der Waals surface area contributed by atoms with E-state index in [0.717, 1.165) is 0 Å². The number of hydrogen-bond donors (Lipinski definition) is 0. The van der Waals surface area contributed by atoms with Crippen LogP contribution in [-0.2, 0) is 16.0 Å². The Hall–Kier alpha value is -1.73. The van der Waals surface area contributed by atoms with Crippen LogP contribution in [0.15, 0.2) is 12.1 Å². The fourth-order valence-electron chi connectivity index (χ4n) is 1.42. The summed E-state index contributed by atoms with van der Waals surface area (Å²) >= 11 is 5.97. The van der Waals surface area contributed by atoms with E-state index in [1.54, 1.807) is 19.1 Å². The minimum atomic E-state index is -0.417. The van der Waals surface area contributed by atoms with Crippen molar-refractivity contribution in [3.8, 4) is 11.8 Å². The molecule has 0 aliphatic heterocycles. The topological polar surface area (TPSA) is 59.3 Å². The Morgan fingerprint density at radius 1 is 1.53 bits per heavy atom. The maximum Gasteiger partial charge on any atom is 0.310 e. The van der Waals surface area contributed by atoms with E-state index in [2.05, 4.69) is 0 Å². The molecule has 0 amide bonds. The van der Waals surface area contributed by atoms with Crippen molar-refractivity contribution in [2.75, 3.05) is 13.7 Å². The summed E-state index contributed by atoms with van der Waals surface area (Å²) < 4.78 is 9.87. The molecule has 1 aromatic carbocycles. The maximum atomic E-state index is 11.4.